The third-order valence-electron chi connectivity index (χ3n) is 4.40. The van der Waals surface area contributed by atoms with Crippen LogP contribution in [0.3, 0.4) is 0 Å². The van der Waals surface area contributed by atoms with Crippen molar-refractivity contribution in [2.45, 2.75) is 51.1 Å². The van der Waals surface area contributed by atoms with Gasteiger partial charge in [0, 0.05) is 17.6 Å². The smallest absolute Gasteiger partial charge is 0.466 e. The van der Waals surface area contributed by atoms with Crippen LogP contribution in [0.15, 0.2) is 18.3 Å². The van der Waals surface area contributed by atoms with Gasteiger partial charge in [0.2, 0.25) is 5.95 Å². The predicted octanol–water partition coefficient (Wildman–Crippen LogP) is 2.50. The summed E-state index contributed by atoms with van der Waals surface area (Å²) in [6, 6.07) is 3.20. The molecule has 1 atom stereocenters. The molecule has 2 heterocycles. The number of esters is 1. The Morgan fingerprint density at radius 1 is 1.36 bits per heavy atom. The van der Waals surface area contributed by atoms with Gasteiger partial charge in [0.25, 0.3) is 0 Å². The highest BCUT2D eigenvalue weighted by Crippen LogP contribution is 2.42. The summed E-state index contributed by atoms with van der Waals surface area (Å²) in [6.07, 6.45) is 1.31. The van der Waals surface area contributed by atoms with E-state index in [1.165, 1.54) is 13.3 Å². The third-order valence-corrected chi connectivity index (χ3v) is 4.40. The SMILES string of the molecule is COC(=O)CC(B1OC(C)(C)C(C)(C)O1)c1cccnc1F. The van der Waals surface area contributed by atoms with Crippen LogP contribution in [0.1, 0.15) is 45.5 Å². The summed E-state index contributed by atoms with van der Waals surface area (Å²) in [7, 11) is 0.547. The molecule has 1 unspecified atom stereocenters. The molecular weight excluding hydrogens is 288 g/mol. The summed E-state index contributed by atoms with van der Waals surface area (Å²) < 4.78 is 30.7. The molecule has 1 aliphatic heterocycles. The zero-order chi connectivity index (χ0) is 16.5. The lowest BCUT2D eigenvalue weighted by molar-refractivity contribution is -0.140. The Bertz CT molecular complexity index is 548. The van der Waals surface area contributed by atoms with Crippen LogP contribution in [0.4, 0.5) is 4.39 Å². The maximum Gasteiger partial charge on any atom is 0.466 e. The van der Waals surface area contributed by atoms with Crippen molar-refractivity contribution in [1.29, 1.82) is 0 Å². The summed E-state index contributed by atoms with van der Waals surface area (Å²) in [5.41, 5.74) is -0.846. The Labute approximate surface area is 130 Å². The lowest BCUT2D eigenvalue weighted by Gasteiger charge is -2.32. The molecule has 2 rings (SSSR count). The van der Waals surface area contributed by atoms with E-state index in [0.717, 1.165) is 0 Å². The van der Waals surface area contributed by atoms with Crippen molar-refractivity contribution in [2.75, 3.05) is 7.11 Å². The van der Waals surface area contributed by atoms with E-state index in [4.69, 9.17) is 14.0 Å². The Morgan fingerprint density at radius 2 is 1.95 bits per heavy atom. The van der Waals surface area contributed by atoms with Crippen LogP contribution in [-0.4, -0.2) is 36.4 Å². The molecule has 1 aromatic rings. The largest absolute Gasteiger partial charge is 0.469 e. The number of hydrogen-bond acceptors (Lipinski definition) is 5. The highest BCUT2D eigenvalue weighted by Gasteiger charge is 2.54. The van der Waals surface area contributed by atoms with Crippen LogP contribution >= 0.6 is 0 Å². The van der Waals surface area contributed by atoms with E-state index in [9.17, 15) is 9.18 Å². The fraction of sp³-hybridized carbons (Fsp3) is 0.600. The number of halogens is 1. The molecule has 1 aromatic heterocycles. The predicted molar refractivity (Wildman–Crippen MR) is 79.7 cm³/mol. The minimum Gasteiger partial charge on any atom is -0.469 e. The number of aromatic nitrogens is 1. The van der Waals surface area contributed by atoms with Crippen LogP contribution in [0.25, 0.3) is 0 Å². The summed E-state index contributed by atoms with van der Waals surface area (Å²) in [5.74, 6) is -1.71. The minimum atomic E-state index is -0.747. The molecule has 0 aromatic carbocycles. The number of carbonyl (C=O) groups is 1. The molecule has 1 aliphatic rings. The van der Waals surface area contributed by atoms with E-state index >= 15 is 0 Å². The van der Waals surface area contributed by atoms with Crippen molar-refractivity contribution in [2.24, 2.45) is 0 Å². The monoisotopic (exact) mass is 309 g/mol. The Balaban J connectivity index is 2.35. The first kappa shape index (κ1) is 16.9. The number of hydrogen-bond donors (Lipinski definition) is 0. The van der Waals surface area contributed by atoms with Crippen molar-refractivity contribution in [1.82, 2.24) is 4.98 Å². The Kier molecular flexibility index (Phi) is 4.58. The first-order chi connectivity index (χ1) is 10.2. The first-order valence-electron chi connectivity index (χ1n) is 7.21. The van der Waals surface area contributed by atoms with Crippen LogP contribution in [0, 0.1) is 5.95 Å². The second-order valence-corrected chi connectivity index (χ2v) is 6.39. The molecule has 7 heteroatoms. The molecular formula is C15H21BFNO4. The van der Waals surface area contributed by atoms with Gasteiger partial charge in [-0.25, -0.2) is 4.98 Å². The number of rotatable bonds is 4. The van der Waals surface area contributed by atoms with E-state index < -0.39 is 36.1 Å². The molecule has 0 bridgehead atoms. The summed E-state index contributed by atoms with van der Waals surface area (Å²) >= 11 is 0. The number of pyridine rings is 1. The minimum absolute atomic E-state index is 0.0457. The van der Waals surface area contributed by atoms with E-state index in [0.29, 0.717) is 0 Å². The maximum absolute atomic E-state index is 14.1. The van der Waals surface area contributed by atoms with E-state index in [-0.39, 0.29) is 12.0 Å². The van der Waals surface area contributed by atoms with Gasteiger partial charge in [0.1, 0.15) is 0 Å². The van der Waals surface area contributed by atoms with Gasteiger partial charge in [0.15, 0.2) is 0 Å². The van der Waals surface area contributed by atoms with E-state index in [1.807, 2.05) is 27.7 Å². The van der Waals surface area contributed by atoms with Crippen molar-refractivity contribution in [3.63, 3.8) is 0 Å². The van der Waals surface area contributed by atoms with Crippen LogP contribution in [0.5, 0.6) is 0 Å². The topological polar surface area (TPSA) is 57.7 Å². The maximum atomic E-state index is 14.1. The fourth-order valence-electron chi connectivity index (χ4n) is 2.34. The van der Waals surface area contributed by atoms with Gasteiger partial charge in [0.05, 0.1) is 24.7 Å². The fourth-order valence-corrected chi connectivity index (χ4v) is 2.34. The van der Waals surface area contributed by atoms with E-state index in [2.05, 4.69) is 4.98 Å². The molecule has 0 saturated carbocycles. The van der Waals surface area contributed by atoms with Gasteiger partial charge < -0.3 is 14.0 Å². The molecule has 0 radical (unpaired) electrons. The van der Waals surface area contributed by atoms with Gasteiger partial charge in [-0.3, -0.25) is 4.79 Å². The molecule has 0 aliphatic carbocycles. The molecule has 0 spiro atoms. The lowest BCUT2D eigenvalue weighted by atomic mass is 9.66. The zero-order valence-corrected chi connectivity index (χ0v) is 13.6. The highest BCUT2D eigenvalue weighted by molar-refractivity contribution is 6.48. The number of nitrogens with zero attached hydrogens (tertiary/aromatic N) is 1. The molecule has 1 saturated heterocycles. The molecule has 1 fully saturated rings. The standard InChI is InChI=1S/C15H21BFNO4/c1-14(2)15(3,4)22-16(21-14)11(9-12(19)20-5)10-7-6-8-18-13(10)17/h6-8,11H,9H2,1-5H3. The second kappa shape index (κ2) is 5.97. The van der Waals surface area contributed by atoms with Crippen molar-refractivity contribution >= 4 is 13.1 Å². The van der Waals surface area contributed by atoms with Crippen LogP contribution in [-0.2, 0) is 18.8 Å². The van der Waals surface area contributed by atoms with Crippen molar-refractivity contribution in [3.8, 4) is 0 Å². The molecule has 120 valence electrons. The molecule has 0 amide bonds. The van der Waals surface area contributed by atoms with Crippen LogP contribution < -0.4 is 0 Å². The summed E-state index contributed by atoms with van der Waals surface area (Å²) in [6.45, 7) is 7.62. The quantitative estimate of drug-likeness (QED) is 0.486. The van der Waals surface area contributed by atoms with Gasteiger partial charge in [-0.05, 0) is 33.8 Å². The van der Waals surface area contributed by atoms with Crippen molar-refractivity contribution < 1.29 is 23.2 Å². The highest BCUT2D eigenvalue weighted by atomic mass is 19.1. The Morgan fingerprint density at radius 3 is 2.45 bits per heavy atom. The normalized spacial score (nSPS) is 20.7. The number of carbonyl (C=O) groups excluding carboxylic acids is 1. The lowest BCUT2D eigenvalue weighted by Crippen LogP contribution is -2.41. The first-order valence-corrected chi connectivity index (χ1v) is 7.21. The van der Waals surface area contributed by atoms with Gasteiger partial charge in [-0.2, -0.15) is 4.39 Å². The average molecular weight is 309 g/mol. The zero-order valence-electron chi connectivity index (χ0n) is 13.6. The van der Waals surface area contributed by atoms with Gasteiger partial charge in [-0.15, -0.1) is 0 Å². The Hall–Kier alpha value is -1.47. The number of ether oxygens (including phenoxy) is 1. The van der Waals surface area contributed by atoms with E-state index in [1.54, 1.807) is 12.1 Å². The molecule has 0 N–H and O–H groups in total. The van der Waals surface area contributed by atoms with Crippen molar-refractivity contribution in [3.05, 3.63) is 29.8 Å². The summed E-state index contributed by atoms with van der Waals surface area (Å²) in [5, 5.41) is 0. The second-order valence-electron chi connectivity index (χ2n) is 6.39. The van der Waals surface area contributed by atoms with Gasteiger partial charge >= 0.3 is 13.1 Å². The van der Waals surface area contributed by atoms with Gasteiger partial charge in [-0.1, -0.05) is 6.07 Å². The number of methoxy groups -OCH3 is 1. The third kappa shape index (κ3) is 3.15. The average Bonchev–Trinajstić information content (AvgIpc) is 2.65. The molecule has 5 nitrogen and oxygen atoms in total. The summed E-state index contributed by atoms with van der Waals surface area (Å²) in [4.78, 5) is 15.4. The molecule has 22 heavy (non-hydrogen) atoms. The van der Waals surface area contributed by atoms with Crippen LogP contribution in [0.2, 0.25) is 0 Å².